The van der Waals surface area contributed by atoms with Gasteiger partial charge in [-0.15, -0.1) is 0 Å². The molecular formula is C72H123NO18. The number of hydrogen-bond donors (Lipinski definition) is 12. The van der Waals surface area contributed by atoms with Gasteiger partial charge in [-0.25, -0.2) is 0 Å². The summed E-state index contributed by atoms with van der Waals surface area (Å²) in [7, 11) is 0. The van der Waals surface area contributed by atoms with Crippen LogP contribution in [-0.2, 0) is 33.2 Å². The van der Waals surface area contributed by atoms with Gasteiger partial charge in [0.15, 0.2) is 18.9 Å². The van der Waals surface area contributed by atoms with Gasteiger partial charge in [0.2, 0.25) is 5.91 Å². The van der Waals surface area contributed by atoms with Crippen LogP contribution in [0.4, 0.5) is 0 Å². The number of ether oxygens (including phenoxy) is 6. The summed E-state index contributed by atoms with van der Waals surface area (Å²) in [6, 6.07) is -0.975. The van der Waals surface area contributed by atoms with Gasteiger partial charge >= 0.3 is 0 Å². The number of amides is 1. The number of carbonyl (C=O) groups excluding carboxylic acids is 1. The summed E-state index contributed by atoms with van der Waals surface area (Å²) in [5.74, 6) is -0.282. The van der Waals surface area contributed by atoms with Crippen molar-refractivity contribution in [1.29, 1.82) is 0 Å². The molecule has 17 atom stereocenters. The molecule has 0 spiro atoms. The van der Waals surface area contributed by atoms with E-state index in [9.17, 15) is 61.0 Å². The molecule has 19 nitrogen and oxygen atoms in total. The fraction of sp³-hybridized carbons (Fsp3) is 0.764. The highest BCUT2D eigenvalue weighted by Crippen LogP contribution is 2.33. The molecule has 3 saturated heterocycles. The number of allylic oxidation sites excluding steroid dienone is 15. The quantitative estimate of drug-likeness (QED) is 0.0199. The van der Waals surface area contributed by atoms with Crippen LogP contribution in [0.2, 0.25) is 0 Å². The zero-order valence-electron chi connectivity index (χ0n) is 55.3. The first-order valence-electron chi connectivity index (χ1n) is 35.0. The fourth-order valence-corrected chi connectivity index (χ4v) is 11.2. The van der Waals surface area contributed by atoms with Gasteiger partial charge in [0.25, 0.3) is 0 Å². The van der Waals surface area contributed by atoms with Crippen LogP contribution in [0.5, 0.6) is 0 Å². The van der Waals surface area contributed by atoms with Crippen molar-refractivity contribution in [3.05, 3.63) is 97.2 Å². The Morgan fingerprint density at radius 2 is 0.758 bits per heavy atom. The van der Waals surface area contributed by atoms with E-state index in [0.717, 1.165) is 96.3 Å². The first-order valence-corrected chi connectivity index (χ1v) is 35.0. The van der Waals surface area contributed by atoms with Gasteiger partial charge in [0, 0.05) is 6.42 Å². The molecule has 91 heavy (non-hydrogen) atoms. The number of aliphatic hydroxyl groups excluding tert-OH is 11. The standard InChI is InChI=1S/C72H123NO18/c1-3-5-7-9-11-13-14-15-16-17-18-19-20-21-22-23-24-25-26-27-28-29-30-31-32-33-34-35-36-37-38-39-40-42-44-46-48-50-60(78)73-55(56(77)49-47-45-43-41-12-10-8-6-4-2)54-86-70-66(84)63(81)68(58(52-75)88-70)91-72-67(85)64(82)69(59(53-76)89-72)90-71-65(83)62(80)61(79)57(51-74)87-71/h5,7,11,13,15-16,18-19,21-22,24-25,27-28,47,49,55-59,61-72,74-77,79-85H,3-4,6,8-10,12,14,17,20,23,26,29-46,48,50-54H2,1-2H3,(H,73,78)/b7-5-,13-11-,16-15-,19-18-,22-21-,25-24-,28-27-,49-47+. The van der Waals surface area contributed by atoms with E-state index in [0.29, 0.717) is 6.42 Å². The summed E-state index contributed by atoms with van der Waals surface area (Å²) < 4.78 is 34.2. The van der Waals surface area contributed by atoms with E-state index in [1.165, 1.54) is 96.3 Å². The minimum Gasteiger partial charge on any atom is -0.394 e. The van der Waals surface area contributed by atoms with Gasteiger partial charge < -0.3 is 89.9 Å². The first-order chi connectivity index (χ1) is 44.3. The van der Waals surface area contributed by atoms with Crippen molar-refractivity contribution < 1.29 is 89.4 Å². The number of aliphatic hydroxyl groups is 11. The molecular weight excluding hydrogens is 1170 g/mol. The number of carbonyl (C=O) groups is 1. The maximum atomic E-state index is 13.3. The average Bonchev–Trinajstić information content (AvgIpc) is 0.826. The van der Waals surface area contributed by atoms with Gasteiger partial charge in [0.05, 0.1) is 38.6 Å². The average molecular weight is 1290 g/mol. The zero-order chi connectivity index (χ0) is 66.1. The maximum Gasteiger partial charge on any atom is 0.220 e. The van der Waals surface area contributed by atoms with Crippen LogP contribution in [0, 0.1) is 0 Å². The molecule has 0 aromatic rings. The second-order valence-corrected chi connectivity index (χ2v) is 24.6. The van der Waals surface area contributed by atoms with Crippen molar-refractivity contribution in [3.8, 4) is 0 Å². The normalized spacial score (nSPS) is 28.5. The van der Waals surface area contributed by atoms with Crippen molar-refractivity contribution in [2.45, 2.75) is 324 Å². The Morgan fingerprint density at radius 3 is 1.19 bits per heavy atom. The van der Waals surface area contributed by atoms with Gasteiger partial charge in [-0.3, -0.25) is 4.79 Å². The number of nitrogens with one attached hydrogen (secondary N) is 1. The van der Waals surface area contributed by atoms with Crippen molar-refractivity contribution in [1.82, 2.24) is 5.32 Å². The second kappa shape index (κ2) is 52.9. The summed E-state index contributed by atoms with van der Waals surface area (Å²) in [4.78, 5) is 13.3. The predicted octanol–water partition coefficient (Wildman–Crippen LogP) is 9.27. The van der Waals surface area contributed by atoms with E-state index >= 15 is 0 Å². The molecule has 12 N–H and O–H groups in total. The van der Waals surface area contributed by atoms with E-state index in [2.05, 4.69) is 104 Å². The lowest BCUT2D eigenvalue weighted by Crippen LogP contribution is -2.66. The Balaban J connectivity index is 1.30. The minimum atomic E-state index is -1.98. The van der Waals surface area contributed by atoms with Gasteiger partial charge in [-0.2, -0.15) is 0 Å². The molecule has 3 rings (SSSR count). The molecule has 0 radical (unpaired) electrons. The molecule has 3 fully saturated rings. The monoisotopic (exact) mass is 1290 g/mol. The molecule has 1 amide bonds. The SMILES string of the molecule is CC/C=C\C/C=C\C/C=C\C/C=C\C/C=C\C/C=C\C/C=C\CCCCCCCCCCCCCCCCCC(=O)NC(COC1OC(CO)C(OC2OC(CO)C(OC3OC(CO)C(O)C(O)C3O)C(O)C2O)C(O)C1O)C(O)/C=C/CCCCCCCCC. The lowest BCUT2D eigenvalue weighted by atomic mass is 9.96. The molecule has 3 aliphatic heterocycles. The molecule has 0 bridgehead atoms. The molecule has 17 unspecified atom stereocenters. The molecule has 0 saturated carbocycles. The molecule has 524 valence electrons. The lowest BCUT2D eigenvalue weighted by molar-refractivity contribution is -0.379. The molecule has 0 aliphatic carbocycles. The van der Waals surface area contributed by atoms with Crippen molar-refractivity contribution in [2.24, 2.45) is 0 Å². The highest BCUT2D eigenvalue weighted by Gasteiger charge is 2.53. The third-order valence-electron chi connectivity index (χ3n) is 16.9. The van der Waals surface area contributed by atoms with Gasteiger partial charge in [-0.1, -0.05) is 233 Å². The Hall–Kier alpha value is -3.29. The van der Waals surface area contributed by atoms with Crippen LogP contribution in [0.1, 0.15) is 219 Å². The van der Waals surface area contributed by atoms with E-state index in [-0.39, 0.29) is 18.9 Å². The zero-order valence-corrected chi connectivity index (χ0v) is 55.3. The molecule has 3 aliphatic rings. The number of unbranched alkanes of at least 4 members (excludes halogenated alkanes) is 22. The van der Waals surface area contributed by atoms with Gasteiger partial charge in [0.1, 0.15) is 73.2 Å². The van der Waals surface area contributed by atoms with E-state index in [1.54, 1.807) is 6.08 Å². The van der Waals surface area contributed by atoms with Crippen LogP contribution < -0.4 is 5.32 Å². The topological polar surface area (TPSA) is 307 Å². The van der Waals surface area contributed by atoms with Crippen LogP contribution >= 0.6 is 0 Å². The third-order valence-corrected chi connectivity index (χ3v) is 16.9. The number of rotatable bonds is 52. The van der Waals surface area contributed by atoms with Crippen LogP contribution in [-0.4, -0.2) is 193 Å². The van der Waals surface area contributed by atoms with Crippen molar-refractivity contribution in [3.63, 3.8) is 0 Å². The smallest absolute Gasteiger partial charge is 0.220 e. The van der Waals surface area contributed by atoms with Gasteiger partial charge in [-0.05, 0) is 77.0 Å². The van der Waals surface area contributed by atoms with E-state index < -0.39 is 124 Å². The minimum absolute atomic E-state index is 0.238. The molecule has 19 heteroatoms. The lowest BCUT2D eigenvalue weighted by Gasteiger charge is -2.48. The summed E-state index contributed by atoms with van der Waals surface area (Å²) in [5, 5.41) is 120. The van der Waals surface area contributed by atoms with Crippen molar-refractivity contribution in [2.75, 3.05) is 26.4 Å². The van der Waals surface area contributed by atoms with Crippen LogP contribution in [0.3, 0.4) is 0 Å². The predicted molar refractivity (Wildman–Crippen MR) is 355 cm³/mol. The summed E-state index contributed by atoms with van der Waals surface area (Å²) >= 11 is 0. The van der Waals surface area contributed by atoms with E-state index in [1.807, 2.05) is 6.08 Å². The van der Waals surface area contributed by atoms with Crippen LogP contribution in [0.25, 0.3) is 0 Å². The molecule has 3 heterocycles. The number of hydrogen-bond acceptors (Lipinski definition) is 18. The summed E-state index contributed by atoms with van der Waals surface area (Å²) in [6.45, 7) is 1.56. The largest absolute Gasteiger partial charge is 0.394 e. The van der Waals surface area contributed by atoms with E-state index in [4.69, 9.17) is 28.4 Å². The Labute approximate surface area is 545 Å². The Kier molecular flexibility index (Phi) is 47.7. The maximum absolute atomic E-state index is 13.3. The Morgan fingerprint density at radius 1 is 0.407 bits per heavy atom. The Bertz CT molecular complexity index is 2030. The highest BCUT2D eigenvalue weighted by molar-refractivity contribution is 5.76. The highest BCUT2D eigenvalue weighted by atomic mass is 16.8. The second-order valence-electron chi connectivity index (χ2n) is 24.6. The first kappa shape index (κ1) is 81.9. The summed E-state index contributed by atoms with van der Waals surface area (Å²) in [5.41, 5.74) is 0. The fourth-order valence-electron chi connectivity index (χ4n) is 11.2. The van der Waals surface area contributed by atoms with Crippen molar-refractivity contribution >= 4 is 5.91 Å². The molecule has 0 aromatic carbocycles. The molecule has 0 aromatic heterocycles. The van der Waals surface area contributed by atoms with Crippen LogP contribution in [0.15, 0.2) is 97.2 Å². The third kappa shape index (κ3) is 34.8. The summed E-state index contributed by atoms with van der Waals surface area (Å²) in [6.07, 6.45) is 42.8.